The normalized spacial score (nSPS) is 15.8. The lowest BCUT2D eigenvalue weighted by Gasteiger charge is -2.24. The molecule has 5 rings (SSSR count). The molecule has 0 spiro atoms. The van der Waals surface area contributed by atoms with E-state index in [1.807, 2.05) is 37.3 Å². The summed E-state index contributed by atoms with van der Waals surface area (Å²) in [6, 6.07) is 9.52. The molecule has 4 heterocycles. The number of amides is 1. The highest BCUT2D eigenvalue weighted by atomic mass is 16.5. The van der Waals surface area contributed by atoms with Crippen LogP contribution < -0.4 is 10.6 Å². The van der Waals surface area contributed by atoms with Crippen LogP contribution in [0.1, 0.15) is 35.8 Å². The highest BCUT2D eigenvalue weighted by Gasteiger charge is 2.25. The number of esters is 1. The number of nitrogens with one attached hydrogen (secondary N) is 2. The van der Waals surface area contributed by atoms with Gasteiger partial charge in [-0.2, -0.15) is 5.10 Å². The molecule has 1 saturated heterocycles. The van der Waals surface area contributed by atoms with Gasteiger partial charge in [0.2, 0.25) is 5.89 Å². The number of hydrogen-bond donors (Lipinski definition) is 2. The number of carbonyl (C=O) groups is 2. The Labute approximate surface area is 195 Å². The van der Waals surface area contributed by atoms with Crippen LogP contribution in [-0.2, 0) is 22.6 Å². The molecule has 10 heteroatoms. The number of pyridine rings is 1. The molecule has 1 atom stereocenters. The van der Waals surface area contributed by atoms with Crippen molar-refractivity contribution in [3.63, 3.8) is 0 Å². The lowest BCUT2D eigenvalue weighted by atomic mass is 10.1. The van der Waals surface area contributed by atoms with Crippen LogP contribution in [0.2, 0.25) is 0 Å². The SMILES string of the molecule is CCn1ncc2c(NC3CCOC(=O)C3)c(-c3nc(C(=O)NCc4ccccc4)co3)cnc21. The van der Waals surface area contributed by atoms with E-state index in [9.17, 15) is 9.59 Å². The Kier molecular flexibility index (Phi) is 5.94. The number of carbonyl (C=O) groups excluding carboxylic acids is 2. The van der Waals surface area contributed by atoms with Gasteiger partial charge in [-0.1, -0.05) is 30.3 Å². The fourth-order valence-electron chi connectivity index (χ4n) is 3.95. The summed E-state index contributed by atoms with van der Waals surface area (Å²) in [5.41, 5.74) is 3.16. The Bertz CT molecular complexity index is 1330. The van der Waals surface area contributed by atoms with E-state index in [1.54, 1.807) is 17.1 Å². The molecule has 3 aromatic heterocycles. The van der Waals surface area contributed by atoms with Gasteiger partial charge >= 0.3 is 5.97 Å². The number of aryl methyl sites for hydroxylation is 1. The molecule has 2 N–H and O–H groups in total. The third-order valence-corrected chi connectivity index (χ3v) is 5.72. The number of anilines is 1. The van der Waals surface area contributed by atoms with Gasteiger partial charge in [0.15, 0.2) is 11.3 Å². The fourth-order valence-corrected chi connectivity index (χ4v) is 3.95. The number of ether oxygens (including phenoxy) is 1. The van der Waals surface area contributed by atoms with Gasteiger partial charge in [0.1, 0.15) is 6.26 Å². The zero-order chi connectivity index (χ0) is 23.5. The van der Waals surface area contributed by atoms with Gasteiger partial charge in [0.25, 0.3) is 5.91 Å². The minimum Gasteiger partial charge on any atom is -0.466 e. The third-order valence-electron chi connectivity index (χ3n) is 5.72. The van der Waals surface area contributed by atoms with Gasteiger partial charge in [-0.25, -0.2) is 14.6 Å². The van der Waals surface area contributed by atoms with Crippen LogP contribution in [0.4, 0.5) is 5.69 Å². The Morgan fingerprint density at radius 2 is 2.09 bits per heavy atom. The van der Waals surface area contributed by atoms with Crippen LogP contribution in [0.3, 0.4) is 0 Å². The van der Waals surface area contributed by atoms with E-state index in [1.165, 1.54) is 6.26 Å². The van der Waals surface area contributed by atoms with Crippen LogP contribution in [0.5, 0.6) is 0 Å². The van der Waals surface area contributed by atoms with Gasteiger partial charge in [-0.05, 0) is 12.5 Å². The lowest BCUT2D eigenvalue weighted by molar-refractivity contribution is -0.147. The molecular formula is C24H24N6O4. The summed E-state index contributed by atoms with van der Waals surface area (Å²) in [6.07, 6.45) is 5.64. The third kappa shape index (κ3) is 4.34. The van der Waals surface area contributed by atoms with E-state index in [4.69, 9.17) is 9.15 Å². The van der Waals surface area contributed by atoms with Crippen LogP contribution in [0.25, 0.3) is 22.5 Å². The number of rotatable bonds is 7. The molecule has 1 unspecified atom stereocenters. The molecule has 1 aliphatic rings. The largest absolute Gasteiger partial charge is 0.466 e. The molecule has 0 saturated carbocycles. The van der Waals surface area contributed by atoms with E-state index in [0.29, 0.717) is 43.0 Å². The highest BCUT2D eigenvalue weighted by Crippen LogP contribution is 2.34. The van der Waals surface area contributed by atoms with Gasteiger partial charge in [-0.15, -0.1) is 0 Å². The minimum absolute atomic E-state index is 0.112. The van der Waals surface area contributed by atoms with E-state index >= 15 is 0 Å². The van der Waals surface area contributed by atoms with E-state index in [-0.39, 0.29) is 35.9 Å². The Morgan fingerprint density at radius 3 is 2.88 bits per heavy atom. The summed E-state index contributed by atoms with van der Waals surface area (Å²) in [5, 5.41) is 11.5. The summed E-state index contributed by atoms with van der Waals surface area (Å²) in [4.78, 5) is 33.4. The maximum absolute atomic E-state index is 12.6. The Morgan fingerprint density at radius 1 is 1.24 bits per heavy atom. The second-order valence-corrected chi connectivity index (χ2v) is 8.01. The lowest BCUT2D eigenvalue weighted by Crippen LogP contribution is -2.31. The van der Waals surface area contributed by atoms with Gasteiger partial charge in [0, 0.05) is 31.7 Å². The van der Waals surface area contributed by atoms with Crippen LogP contribution >= 0.6 is 0 Å². The van der Waals surface area contributed by atoms with Crippen molar-refractivity contribution in [1.29, 1.82) is 0 Å². The highest BCUT2D eigenvalue weighted by molar-refractivity contribution is 5.97. The Hall–Kier alpha value is -4.21. The quantitative estimate of drug-likeness (QED) is 0.403. The molecule has 174 valence electrons. The standard InChI is InChI=1S/C24H24N6O4/c1-2-30-22-17(13-27-30)21(28-16-8-9-33-20(31)10-16)18(12-25-22)24-29-19(14-34-24)23(32)26-11-15-6-4-3-5-7-15/h3-7,12-14,16H,2,8-11H2,1H3,(H,25,28)(H,26,32). The van der Waals surface area contributed by atoms with Crippen molar-refractivity contribution < 1.29 is 18.7 Å². The van der Waals surface area contributed by atoms with E-state index < -0.39 is 0 Å². The Balaban J connectivity index is 1.44. The number of hydrogen-bond acceptors (Lipinski definition) is 8. The number of cyclic esters (lactones) is 1. The van der Waals surface area contributed by atoms with Crippen molar-refractivity contribution in [2.45, 2.75) is 38.9 Å². The summed E-state index contributed by atoms with van der Waals surface area (Å²) >= 11 is 0. The minimum atomic E-state index is -0.337. The number of fused-ring (bicyclic) bond motifs is 1. The van der Waals surface area contributed by atoms with E-state index in [2.05, 4.69) is 25.7 Å². The molecule has 0 bridgehead atoms. The van der Waals surface area contributed by atoms with Crippen LogP contribution in [-0.4, -0.2) is 44.3 Å². The predicted molar refractivity (Wildman–Crippen MR) is 124 cm³/mol. The summed E-state index contributed by atoms with van der Waals surface area (Å²) < 4.78 is 12.5. The smallest absolute Gasteiger partial charge is 0.307 e. The molecule has 34 heavy (non-hydrogen) atoms. The average molecular weight is 460 g/mol. The number of oxazole rings is 1. The summed E-state index contributed by atoms with van der Waals surface area (Å²) in [7, 11) is 0. The van der Waals surface area contributed by atoms with Crippen molar-refractivity contribution >= 4 is 28.6 Å². The van der Waals surface area contributed by atoms with Crippen LogP contribution in [0.15, 0.2) is 53.4 Å². The van der Waals surface area contributed by atoms with Gasteiger partial charge in [0.05, 0.1) is 35.9 Å². The molecule has 1 fully saturated rings. The first kappa shape index (κ1) is 21.6. The monoisotopic (exact) mass is 460 g/mol. The maximum atomic E-state index is 12.6. The zero-order valence-corrected chi connectivity index (χ0v) is 18.7. The first-order valence-corrected chi connectivity index (χ1v) is 11.2. The van der Waals surface area contributed by atoms with Gasteiger partial charge < -0.3 is 19.8 Å². The van der Waals surface area contributed by atoms with Crippen molar-refractivity contribution in [3.05, 3.63) is 60.2 Å². The molecule has 10 nitrogen and oxygen atoms in total. The summed E-state index contributed by atoms with van der Waals surface area (Å²) in [6.45, 7) is 3.39. The first-order valence-electron chi connectivity index (χ1n) is 11.2. The molecule has 1 amide bonds. The summed E-state index contributed by atoms with van der Waals surface area (Å²) in [5.74, 6) is -0.325. The van der Waals surface area contributed by atoms with Crippen molar-refractivity contribution in [1.82, 2.24) is 25.1 Å². The fraction of sp³-hybridized carbons (Fsp3) is 0.292. The second-order valence-electron chi connectivity index (χ2n) is 8.01. The molecule has 0 aliphatic carbocycles. The topological polar surface area (TPSA) is 124 Å². The molecule has 1 aliphatic heterocycles. The average Bonchev–Trinajstić information content (AvgIpc) is 3.51. The molecule has 4 aromatic rings. The number of nitrogens with zero attached hydrogens (tertiary/aromatic N) is 4. The maximum Gasteiger partial charge on any atom is 0.307 e. The zero-order valence-electron chi connectivity index (χ0n) is 18.7. The molecular weight excluding hydrogens is 436 g/mol. The van der Waals surface area contributed by atoms with Crippen molar-refractivity contribution in [2.24, 2.45) is 0 Å². The van der Waals surface area contributed by atoms with E-state index in [0.717, 1.165) is 10.9 Å². The first-order chi connectivity index (χ1) is 16.6. The van der Waals surface area contributed by atoms with Crippen molar-refractivity contribution in [3.8, 4) is 11.5 Å². The number of aromatic nitrogens is 4. The van der Waals surface area contributed by atoms with Gasteiger partial charge in [-0.3, -0.25) is 9.59 Å². The second kappa shape index (κ2) is 9.34. The van der Waals surface area contributed by atoms with Crippen LogP contribution in [0, 0.1) is 0 Å². The van der Waals surface area contributed by atoms with Crippen molar-refractivity contribution in [2.75, 3.05) is 11.9 Å². The molecule has 0 radical (unpaired) electrons. The predicted octanol–water partition coefficient (Wildman–Crippen LogP) is 3.15. The number of benzene rings is 1. The molecule has 1 aromatic carbocycles.